The molecule has 0 bridgehead atoms. The van der Waals surface area contributed by atoms with Gasteiger partial charge in [0, 0.05) is 22.1 Å². The first-order chi connectivity index (χ1) is 9.13. The molecule has 3 rings (SSSR count). The Labute approximate surface area is 120 Å². The van der Waals surface area contributed by atoms with Gasteiger partial charge >= 0.3 is 0 Å². The van der Waals surface area contributed by atoms with Crippen LogP contribution in [0.1, 0.15) is 33.8 Å². The number of benzene rings is 2. The molecule has 2 aromatic carbocycles. The molecule has 0 saturated carbocycles. The van der Waals surface area contributed by atoms with E-state index < -0.39 is 0 Å². The maximum Gasteiger partial charge on any atom is 0.163 e. The summed E-state index contributed by atoms with van der Waals surface area (Å²) in [6.45, 7) is 0. The second-order valence-corrected chi connectivity index (χ2v) is 5.92. The van der Waals surface area contributed by atoms with E-state index >= 15 is 0 Å². The second-order valence-electron chi connectivity index (χ2n) is 5.00. The SMILES string of the molecule is Nc1cc(Br)cc(C(=O)CC2Cc3ccccc32)c1. The molecule has 0 saturated heterocycles. The van der Waals surface area contributed by atoms with Crippen molar-refractivity contribution >= 4 is 27.4 Å². The summed E-state index contributed by atoms with van der Waals surface area (Å²) in [5, 5.41) is 0. The number of nitrogen functional groups attached to an aromatic ring is 1. The van der Waals surface area contributed by atoms with Crippen LogP contribution in [0.2, 0.25) is 0 Å². The third-order valence-corrected chi connectivity index (χ3v) is 4.09. The minimum Gasteiger partial charge on any atom is -0.399 e. The van der Waals surface area contributed by atoms with Crippen molar-refractivity contribution in [3.05, 3.63) is 63.6 Å². The average molecular weight is 316 g/mol. The molecule has 96 valence electrons. The Balaban J connectivity index is 1.77. The highest BCUT2D eigenvalue weighted by atomic mass is 79.9. The normalized spacial score (nSPS) is 16.6. The summed E-state index contributed by atoms with van der Waals surface area (Å²) in [5.74, 6) is 0.524. The van der Waals surface area contributed by atoms with Crippen LogP contribution in [-0.2, 0) is 6.42 Å². The molecule has 1 atom stereocenters. The van der Waals surface area contributed by atoms with Crippen LogP contribution in [0, 0.1) is 0 Å². The number of hydrogen-bond acceptors (Lipinski definition) is 2. The lowest BCUT2D eigenvalue weighted by molar-refractivity contribution is 0.0970. The summed E-state index contributed by atoms with van der Waals surface area (Å²) in [5.41, 5.74) is 9.77. The Hall–Kier alpha value is -1.61. The predicted octanol–water partition coefficient (Wildman–Crippen LogP) is 3.94. The molecule has 0 fully saturated rings. The van der Waals surface area contributed by atoms with Gasteiger partial charge in [0.15, 0.2) is 5.78 Å². The van der Waals surface area contributed by atoms with E-state index in [0.717, 1.165) is 10.9 Å². The van der Waals surface area contributed by atoms with E-state index in [1.807, 2.05) is 18.2 Å². The molecule has 2 aromatic rings. The van der Waals surface area contributed by atoms with Gasteiger partial charge in [0.25, 0.3) is 0 Å². The van der Waals surface area contributed by atoms with E-state index in [9.17, 15) is 4.79 Å². The smallest absolute Gasteiger partial charge is 0.163 e. The van der Waals surface area contributed by atoms with E-state index in [0.29, 0.717) is 23.6 Å². The van der Waals surface area contributed by atoms with Crippen molar-refractivity contribution in [2.24, 2.45) is 0 Å². The number of hydrogen-bond donors (Lipinski definition) is 1. The maximum atomic E-state index is 12.3. The number of rotatable bonds is 3. The van der Waals surface area contributed by atoms with Gasteiger partial charge in [-0.2, -0.15) is 0 Å². The summed E-state index contributed by atoms with van der Waals surface area (Å²) in [6.07, 6.45) is 1.57. The van der Waals surface area contributed by atoms with E-state index in [1.165, 1.54) is 11.1 Å². The lowest BCUT2D eigenvalue weighted by Gasteiger charge is -2.29. The quantitative estimate of drug-likeness (QED) is 0.688. The molecule has 2 nitrogen and oxygen atoms in total. The van der Waals surface area contributed by atoms with Crippen LogP contribution in [-0.4, -0.2) is 5.78 Å². The van der Waals surface area contributed by atoms with Crippen molar-refractivity contribution in [2.45, 2.75) is 18.8 Å². The van der Waals surface area contributed by atoms with Crippen molar-refractivity contribution in [1.82, 2.24) is 0 Å². The monoisotopic (exact) mass is 315 g/mol. The number of Topliss-reactive ketones (excluding diaryl/α,β-unsaturated/α-hetero) is 1. The molecule has 0 heterocycles. The molecule has 19 heavy (non-hydrogen) atoms. The van der Waals surface area contributed by atoms with Crippen LogP contribution in [0.4, 0.5) is 5.69 Å². The van der Waals surface area contributed by atoms with Gasteiger partial charge in [-0.3, -0.25) is 4.79 Å². The molecule has 0 amide bonds. The Morgan fingerprint density at radius 1 is 1.26 bits per heavy atom. The van der Waals surface area contributed by atoms with Crippen molar-refractivity contribution in [2.75, 3.05) is 5.73 Å². The second kappa shape index (κ2) is 4.82. The van der Waals surface area contributed by atoms with Crippen molar-refractivity contribution < 1.29 is 4.79 Å². The lowest BCUT2D eigenvalue weighted by atomic mass is 9.74. The zero-order chi connectivity index (χ0) is 13.4. The van der Waals surface area contributed by atoms with E-state index in [2.05, 4.69) is 28.1 Å². The summed E-state index contributed by atoms with van der Waals surface area (Å²) < 4.78 is 0.852. The Bertz CT molecular complexity index is 631. The zero-order valence-corrected chi connectivity index (χ0v) is 12.0. The third-order valence-electron chi connectivity index (χ3n) is 3.64. The number of nitrogens with two attached hydrogens (primary N) is 1. The fraction of sp³-hybridized carbons (Fsp3) is 0.188. The highest BCUT2D eigenvalue weighted by molar-refractivity contribution is 9.10. The van der Waals surface area contributed by atoms with Crippen LogP contribution < -0.4 is 5.73 Å². The molecule has 0 radical (unpaired) electrons. The largest absolute Gasteiger partial charge is 0.399 e. The Morgan fingerprint density at radius 2 is 2.05 bits per heavy atom. The molecule has 0 spiro atoms. The molecule has 1 unspecified atom stereocenters. The van der Waals surface area contributed by atoms with Crippen LogP contribution in [0.5, 0.6) is 0 Å². The van der Waals surface area contributed by atoms with Gasteiger partial charge in [-0.05, 0) is 41.7 Å². The van der Waals surface area contributed by atoms with Gasteiger partial charge in [0.2, 0.25) is 0 Å². The van der Waals surface area contributed by atoms with E-state index in [4.69, 9.17) is 5.73 Å². The number of halogens is 1. The van der Waals surface area contributed by atoms with Gasteiger partial charge in [-0.15, -0.1) is 0 Å². The summed E-state index contributed by atoms with van der Waals surface area (Å²) in [7, 11) is 0. The van der Waals surface area contributed by atoms with Gasteiger partial charge in [0.1, 0.15) is 0 Å². The van der Waals surface area contributed by atoms with Crippen LogP contribution in [0.25, 0.3) is 0 Å². The number of carbonyl (C=O) groups excluding carboxylic acids is 1. The average Bonchev–Trinajstić information content (AvgIpc) is 2.34. The zero-order valence-electron chi connectivity index (χ0n) is 10.4. The van der Waals surface area contributed by atoms with Crippen molar-refractivity contribution in [3.63, 3.8) is 0 Å². The first kappa shape index (κ1) is 12.4. The highest BCUT2D eigenvalue weighted by Crippen LogP contribution is 2.38. The molecule has 1 aliphatic carbocycles. The standard InChI is InChI=1S/C16H14BrNO/c17-13-6-12(7-14(18)9-13)16(19)8-11-5-10-3-1-2-4-15(10)11/h1-4,6-7,9,11H,5,8,18H2. The van der Waals surface area contributed by atoms with Crippen LogP contribution in [0.3, 0.4) is 0 Å². The molecule has 3 heteroatoms. The van der Waals surface area contributed by atoms with Crippen molar-refractivity contribution in [1.29, 1.82) is 0 Å². The van der Waals surface area contributed by atoms with Crippen molar-refractivity contribution in [3.8, 4) is 0 Å². The summed E-state index contributed by atoms with van der Waals surface area (Å²) in [6, 6.07) is 13.7. The predicted molar refractivity (Wildman–Crippen MR) is 80.4 cm³/mol. The summed E-state index contributed by atoms with van der Waals surface area (Å²) in [4.78, 5) is 12.3. The minimum absolute atomic E-state index is 0.160. The molecule has 0 aliphatic heterocycles. The van der Waals surface area contributed by atoms with Gasteiger partial charge in [0.05, 0.1) is 0 Å². The number of fused-ring (bicyclic) bond motifs is 1. The number of anilines is 1. The highest BCUT2D eigenvalue weighted by Gasteiger charge is 2.27. The number of ketones is 1. The van der Waals surface area contributed by atoms with Gasteiger partial charge < -0.3 is 5.73 Å². The number of carbonyl (C=O) groups is 1. The first-order valence-corrected chi connectivity index (χ1v) is 7.10. The van der Waals surface area contributed by atoms with Gasteiger partial charge in [-0.1, -0.05) is 40.2 Å². The molecule has 1 aliphatic rings. The Kier molecular flexibility index (Phi) is 3.15. The van der Waals surface area contributed by atoms with Crippen LogP contribution in [0.15, 0.2) is 46.9 Å². The Morgan fingerprint density at radius 3 is 2.79 bits per heavy atom. The first-order valence-electron chi connectivity index (χ1n) is 6.30. The molecule has 2 N–H and O–H groups in total. The fourth-order valence-electron chi connectivity index (χ4n) is 2.66. The molecular weight excluding hydrogens is 302 g/mol. The topological polar surface area (TPSA) is 43.1 Å². The summed E-state index contributed by atoms with van der Waals surface area (Å²) >= 11 is 3.37. The van der Waals surface area contributed by atoms with Gasteiger partial charge in [-0.25, -0.2) is 0 Å². The molecule has 0 aromatic heterocycles. The lowest BCUT2D eigenvalue weighted by Crippen LogP contribution is -2.20. The third kappa shape index (κ3) is 2.43. The van der Waals surface area contributed by atoms with E-state index in [1.54, 1.807) is 12.1 Å². The maximum absolute atomic E-state index is 12.3. The minimum atomic E-state index is 0.160. The van der Waals surface area contributed by atoms with E-state index in [-0.39, 0.29) is 5.78 Å². The van der Waals surface area contributed by atoms with Crippen LogP contribution >= 0.6 is 15.9 Å². The molecular formula is C16H14BrNO. The fourth-order valence-corrected chi connectivity index (χ4v) is 3.17.